The molecule has 0 aliphatic rings. The molecule has 3 nitrogen and oxygen atoms in total. The SMILES string of the molecule is Cc1ccc(N(CCN)Cc2ccccc2)c(C#N)c1. The Balaban J connectivity index is 2.31. The van der Waals surface area contributed by atoms with Gasteiger partial charge in [-0.2, -0.15) is 5.26 Å². The van der Waals surface area contributed by atoms with Crippen molar-refractivity contribution in [3.63, 3.8) is 0 Å². The molecule has 0 fully saturated rings. The maximum atomic E-state index is 9.32. The molecule has 2 N–H and O–H groups in total. The van der Waals surface area contributed by atoms with Gasteiger partial charge >= 0.3 is 0 Å². The molecule has 0 aliphatic heterocycles. The summed E-state index contributed by atoms with van der Waals surface area (Å²) < 4.78 is 0. The van der Waals surface area contributed by atoms with Crippen LogP contribution in [0, 0.1) is 18.3 Å². The molecule has 2 aromatic carbocycles. The first-order valence-electron chi connectivity index (χ1n) is 6.74. The molecule has 0 heterocycles. The largest absolute Gasteiger partial charge is 0.365 e. The highest BCUT2D eigenvalue weighted by Crippen LogP contribution is 2.23. The summed E-state index contributed by atoms with van der Waals surface area (Å²) in [5, 5.41) is 9.32. The Bertz CT molecular complexity index is 599. The number of aryl methyl sites for hydroxylation is 1. The second-order valence-corrected chi connectivity index (χ2v) is 4.83. The van der Waals surface area contributed by atoms with Crippen LogP contribution in [0.4, 0.5) is 5.69 Å². The average molecular weight is 265 g/mol. The topological polar surface area (TPSA) is 53.0 Å². The van der Waals surface area contributed by atoms with E-state index in [0.717, 1.165) is 24.3 Å². The summed E-state index contributed by atoms with van der Waals surface area (Å²) >= 11 is 0. The average Bonchev–Trinajstić information content (AvgIpc) is 2.48. The predicted octanol–water partition coefficient (Wildman–Crippen LogP) is 2.83. The molecule has 0 radical (unpaired) electrons. The van der Waals surface area contributed by atoms with Crippen molar-refractivity contribution in [2.24, 2.45) is 5.73 Å². The highest BCUT2D eigenvalue weighted by Gasteiger charge is 2.11. The van der Waals surface area contributed by atoms with Gasteiger partial charge in [-0.3, -0.25) is 0 Å². The third-order valence-electron chi connectivity index (χ3n) is 3.23. The van der Waals surface area contributed by atoms with Crippen molar-refractivity contribution in [1.29, 1.82) is 5.26 Å². The molecule has 0 saturated heterocycles. The van der Waals surface area contributed by atoms with E-state index in [0.29, 0.717) is 12.1 Å². The van der Waals surface area contributed by atoms with E-state index in [1.54, 1.807) is 0 Å². The van der Waals surface area contributed by atoms with Crippen molar-refractivity contribution in [2.45, 2.75) is 13.5 Å². The number of anilines is 1. The molecule has 0 atom stereocenters. The zero-order chi connectivity index (χ0) is 14.4. The van der Waals surface area contributed by atoms with Crippen molar-refractivity contribution in [1.82, 2.24) is 0 Å². The summed E-state index contributed by atoms with van der Waals surface area (Å²) in [4.78, 5) is 2.16. The van der Waals surface area contributed by atoms with Crippen LogP contribution < -0.4 is 10.6 Å². The summed E-state index contributed by atoms with van der Waals surface area (Å²) in [6.45, 7) is 4.04. The minimum Gasteiger partial charge on any atom is -0.365 e. The first kappa shape index (κ1) is 14.1. The number of hydrogen-bond acceptors (Lipinski definition) is 3. The Kier molecular flexibility index (Phi) is 4.75. The van der Waals surface area contributed by atoms with Gasteiger partial charge in [0.1, 0.15) is 6.07 Å². The van der Waals surface area contributed by atoms with E-state index in [4.69, 9.17) is 5.73 Å². The molecule has 0 aromatic heterocycles. The molecular formula is C17H19N3. The number of hydrogen-bond donors (Lipinski definition) is 1. The van der Waals surface area contributed by atoms with E-state index < -0.39 is 0 Å². The lowest BCUT2D eigenvalue weighted by molar-refractivity contribution is 0.788. The van der Waals surface area contributed by atoms with E-state index in [1.807, 2.05) is 43.3 Å². The first-order chi connectivity index (χ1) is 9.74. The second-order valence-electron chi connectivity index (χ2n) is 4.83. The molecule has 0 aliphatic carbocycles. The van der Waals surface area contributed by atoms with Gasteiger partial charge in [0.25, 0.3) is 0 Å². The van der Waals surface area contributed by atoms with E-state index in [9.17, 15) is 5.26 Å². The van der Waals surface area contributed by atoms with Gasteiger partial charge in [0.05, 0.1) is 11.3 Å². The van der Waals surface area contributed by atoms with E-state index >= 15 is 0 Å². The number of nitrogens with zero attached hydrogens (tertiary/aromatic N) is 2. The Labute approximate surface area is 120 Å². The standard InChI is InChI=1S/C17H19N3/c1-14-7-8-17(16(11-14)12-19)20(10-9-18)13-15-5-3-2-4-6-15/h2-8,11H,9-10,13,18H2,1H3. The summed E-state index contributed by atoms with van der Waals surface area (Å²) in [5.74, 6) is 0. The molecule has 0 spiro atoms. The normalized spacial score (nSPS) is 10.1. The lowest BCUT2D eigenvalue weighted by Crippen LogP contribution is -2.29. The van der Waals surface area contributed by atoms with E-state index in [1.165, 1.54) is 5.56 Å². The fraction of sp³-hybridized carbons (Fsp3) is 0.235. The second kappa shape index (κ2) is 6.74. The van der Waals surface area contributed by atoms with Crippen molar-refractivity contribution < 1.29 is 0 Å². The third-order valence-corrected chi connectivity index (χ3v) is 3.23. The fourth-order valence-corrected chi connectivity index (χ4v) is 2.26. The van der Waals surface area contributed by atoms with Crippen LogP contribution in [-0.4, -0.2) is 13.1 Å². The van der Waals surface area contributed by atoms with Gasteiger partial charge in [0.2, 0.25) is 0 Å². The van der Waals surface area contributed by atoms with Gasteiger partial charge in [-0.25, -0.2) is 0 Å². The van der Waals surface area contributed by atoms with E-state index in [-0.39, 0.29) is 0 Å². The zero-order valence-electron chi connectivity index (χ0n) is 11.7. The van der Waals surface area contributed by atoms with Crippen LogP contribution >= 0.6 is 0 Å². The van der Waals surface area contributed by atoms with Crippen LogP contribution in [0.2, 0.25) is 0 Å². The summed E-state index contributed by atoms with van der Waals surface area (Å²) in [7, 11) is 0. The van der Waals surface area contributed by atoms with Crippen LogP contribution in [0.3, 0.4) is 0 Å². The number of rotatable bonds is 5. The van der Waals surface area contributed by atoms with E-state index in [2.05, 4.69) is 23.1 Å². The molecule has 0 saturated carbocycles. The maximum Gasteiger partial charge on any atom is 0.101 e. The van der Waals surface area contributed by atoms with Crippen molar-refractivity contribution in [2.75, 3.05) is 18.0 Å². The molecule has 2 aromatic rings. The molecule has 20 heavy (non-hydrogen) atoms. The quantitative estimate of drug-likeness (QED) is 0.904. The van der Waals surface area contributed by atoms with Gasteiger partial charge in [-0.15, -0.1) is 0 Å². The Morgan fingerprint density at radius 2 is 1.90 bits per heavy atom. The lowest BCUT2D eigenvalue weighted by Gasteiger charge is -2.25. The van der Waals surface area contributed by atoms with Crippen LogP contribution in [0.5, 0.6) is 0 Å². The molecular weight excluding hydrogens is 246 g/mol. The van der Waals surface area contributed by atoms with Gasteiger partial charge in [0, 0.05) is 19.6 Å². The first-order valence-corrected chi connectivity index (χ1v) is 6.74. The van der Waals surface area contributed by atoms with Crippen LogP contribution in [0.1, 0.15) is 16.7 Å². The van der Waals surface area contributed by atoms with Crippen LogP contribution in [0.15, 0.2) is 48.5 Å². The summed E-state index contributed by atoms with van der Waals surface area (Å²) in [6, 6.07) is 18.5. The van der Waals surface area contributed by atoms with Crippen molar-refractivity contribution in [3.8, 4) is 6.07 Å². The fourth-order valence-electron chi connectivity index (χ4n) is 2.26. The number of benzene rings is 2. The molecule has 2 rings (SSSR count). The monoisotopic (exact) mass is 265 g/mol. The number of nitrogens with two attached hydrogens (primary N) is 1. The predicted molar refractivity (Wildman–Crippen MR) is 82.4 cm³/mol. The van der Waals surface area contributed by atoms with Crippen molar-refractivity contribution >= 4 is 5.69 Å². The Morgan fingerprint density at radius 1 is 1.15 bits per heavy atom. The minimum atomic E-state index is 0.561. The smallest absolute Gasteiger partial charge is 0.101 e. The van der Waals surface area contributed by atoms with Gasteiger partial charge in [-0.1, -0.05) is 36.4 Å². The Morgan fingerprint density at radius 3 is 2.55 bits per heavy atom. The van der Waals surface area contributed by atoms with Crippen LogP contribution in [-0.2, 0) is 6.54 Å². The lowest BCUT2D eigenvalue weighted by atomic mass is 10.1. The molecule has 0 bridgehead atoms. The molecule has 0 amide bonds. The zero-order valence-corrected chi connectivity index (χ0v) is 11.7. The minimum absolute atomic E-state index is 0.561. The Hall–Kier alpha value is -2.31. The molecule has 0 unspecified atom stereocenters. The summed E-state index contributed by atoms with van der Waals surface area (Å²) in [6.07, 6.45) is 0. The highest BCUT2D eigenvalue weighted by atomic mass is 15.1. The summed E-state index contributed by atoms with van der Waals surface area (Å²) in [5.41, 5.74) is 9.68. The third kappa shape index (κ3) is 3.37. The number of nitriles is 1. The maximum absolute atomic E-state index is 9.32. The van der Waals surface area contributed by atoms with Gasteiger partial charge in [0.15, 0.2) is 0 Å². The molecule has 3 heteroatoms. The van der Waals surface area contributed by atoms with Crippen molar-refractivity contribution in [3.05, 3.63) is 65.2 Å². The van der Waals surface area contributed by atoms with Crippen LogP contribution in [0.25, 0.3) is 0 Å². The van der Waals surface area contributed by atoms with Gasteiger partial charge in [-0.05, 0) is 30.2 Å². The highest BCUT2D eigenvalue weighted by molar-refractivity contribution is 5.60. The van der Waals surface area contributed by atoms with Gasteiger partial charge < -0.3 is 10.6 Å². The molecule has 102 valence electrons.